The molecule has 30 heavy (non-hydrogen) atoms. The van der Waals surface area contributed by atoms with Gasteiger partial charge in [0.25, 0.3) is 15.9 Å². The van der Waals surface area contributed by atoms with E-state index < -0.39 is 16.1 Å². The van der Waals surface area contributed by atoms with Crippen LogP contribution in [0.25, 0.3) is 0 Å². The molecule has 3 rings (SSSR count). The molecule has 2 aromatic carbocycles. The van der Waals surface area contributed by atoms with E-state index in [1.807, 2.05) is 0 Å². The Morgan fingerprint density at radius 3 is 2.73 bits per heavy atom. The van der Waals surface area contributed by atoms with E-state index in [4.69, 9.17) is 9.47 Å². The Hall–Kier alpha value is -3.09. The number of hydrogen-bond donors (Lipinski definition) is 0. The van der Waals surface area contributed by atoms with E-state index in [-0.39, 0.29) is 29.5 Å². The van der Waals surface area contributed by atoms with Crippen LogP contribution in [0.1, 0.15) is 15.9 Å². The lowest BCUT2D eigenvalue weighted by Gasteiger charge is -2.32. The summed E-state index contributed by atoms with van der Waals surface area (Å²) in [5.74, 6) is 0.0245. The maximum absolute atomic E-state index is 13.3. The first kappa shape index (κ1) is 21.6. The summed E-state index contributed by atoms with van der Waals surface area (Å²) < 4.78 is 38.2. The summed E-state index contributed by atoms with van der Waals surface area (Å²) in [6.07, 6.45) is 0. The predicted octanol–water partition coefficient (Wildman–Crippen LogP) is 2.19. The molecule has 0 saturated carbocycles. The minimum atomic E-state index is -3.95. The molecule has 158 valence electrons. The van der Waals surface area contributed by atoms with Crippen LogP contribution in [0.2, 0.25) is 0 Å². The van der Waals surface area contributed by atoms with Crippen molar-refractivity contribution in [2.24, 2.45) is 0 Å². The van der Waals surface area contributed by atoms with Crippen molar-refractivity contribution in [2.45, 2.75) is 17.9 Å². The number of methoxy groups -OCH3 is 1. The maximum Gasteiger partial charge on any atom is 0.264 e. The van der Waals surface area contributed by atoms with Gasteiger partial charge in [-0.3, -0.25) is 9.10 Å². The number of carbonyl (C=O) groups is 1. The van der Waals surface area contributed by atoms with Gasteiger partial charge in [-0.15, -0.1) is 0 Å². The second-order valence-electron chi connectivity index (χ2n) is 6.84. The third-order valence-corrected chi connectivity index (χ3v) is 6.83. The van der Waals surface area contributed by atoms with E-state index in [0.717, 1.165) is 4.31 Å². The fourth-order valence-corrected chi connectivity index (χ4v) is 4.51. The summed E-state index contributed by atoms with van der Waals surface area (Å²) in [4.78, 5) is 14.5. The highest BCUT2D eigenvalue weighted by molar-refractivity contribution is 7.92. The van der Waals surface area contributed by atoms with E-state index in [2.05, 4.69) is 6.07 Å². The number of anilines is 1. The van der Waals surface area contributed by atoms with Crippen molar-refractivity contribution in [2.75, 3.05) is 38.2 Å². The highest BCUT2D eigenvalue weighted by Crippen LogP contribution is 2.31. The van der Waals surface area contributed by atoms with Gasteiger partial charge in [-0.25, -0.2) is 8.42 Å². The maximum atomic E-state index is 13.3. The smallest absolute Gasteiger partial charge is 0.264 e. The Morgan fingerprint density at radius 2 is 2.03 bits per heavy atom. The minimum Gasteiger partial charge on any atom is -0.495 e. The van der Waals surface area contributed by atoms with Crippen molar-refractivity contribution in [3.8, 4) is 11.8 Å². The molecule has 1 atom stereocenters. The highest BCUT2D eigenvalue weighted by Gasteiger charge is 2.30. The van der Waals surface area contributed by atoms with Crippen molar-refractivity contribution < 1.29 is 22.7 Å². The molecule has 0 N–H and O–H groups in total. The molecule has 1 heterocycles. The van der Waals surface area contributed by atoms with E-state index in [1.54, 1.807) is 37.3 Å². The number of carbonyl (C=O) groups excluding carboxylic acids is 1. The summed E-state index contributed by atoms with van der Waals surface area (Å²) >= 11 is 0. The van der Waals surface area contributed by atoms with Crippen molar-refractivity contribution >= 4 is 21.6 Å². The molecule has 0 aliphatic carbocycles. The van der Waals surface area contributed by atoms with Crippen LogP contribution < -0.4 is 9.04 Å². The molecule has 1 amide bonds. The molecule has 1 aliphatic rings. The van der Waals surface area contributed by atoms with Gasteiger partial charge in [0.15, 0.2) is 0 Å². The van der Waals surface area contributed by atoms with Gasteiger partial charge < -0.3 is 14.4 Å². The van der Waals surface area contributed by atoms with Gasteiger partial charge in [-0.05, 0) is 36.8 Å². The molecule has 2 aromatic rings. The largest absolute Gasteiger partial charge is 0.495 e. The van der Waals surface area contributed by atoms with Gasteiger partial charge in [0.2, 0.25) is 0 Å². The van der Waals surface area contributed by atoms with Gasteiger partial charge >= 0.3 is 0 Å². The fraction of sp³-hybridized carbons (Fsp3) is 0.333. The summed E-state index contributed by atoms with van der Waals surface area (Å²) in [5, 5.41) is 9.32. The number of nitriles is 1. The van der Waals surface area contributed by atoms with Crippen molar-refractivity contribution in [3.63, 3.8) is 0 Å². The highest BCUT2D eigenvalue weighted by atomic mass is 32.2. The van der Waals surface area contributed by atoms with Crippen LogP contribution >= 0.6 is 0 Å². The second-order valence-corrected chi connectivity index (χ2v) is 8.81. The number of benzene rings is 2. The first-order valence-electron chi connectivity index (χ1n) is 9.32. The number of hydrogen-bond acceptors (Lipinski definition) is 6. The summed E-state index contributed by atoms with van der Waals surface area (Å²) in [7, 11) is -1.05. The average Bonchev–Trinajstić information content (AvgIpc) is 2.78. The zero-order valence-electron chi connectivity index (χ0n) is 17.0. The molecule has 0 radical (unpaired) electrons. The van der Waals surface area contributed by atoms with Crippen LogP contribution in [0.4, 0.5) is 5.69 Å². The Morgan fingerprint density at radius 1 is 1.30 bits per heavy atom. The number of ether oxygens (including phenoxy) is 2. The van der Waals surface area contributed by atoms with Gasteiger partial charge in [-0.1, -0.05) is 18.2 Å². The number of amides is 1. The fourth-order valence-electron chi connectivity index (χ4n) is 3.28. The SMILES string of the molecule is COc1ccccc1N(C)S(=O)(=O)c1ccc(C)c(C(=O)N2CCOC[C@H]2C#N)c1. The molecular weight excluding hydrogens is 406 g/mol. The zero-order chi connectivity index (χ0) is 21.9. The molecule has 1 fully saturated rings. The predicted molar refractivity (Wildman–Crippen MR) is 111 cm³/mol. The van der Waals surface area contributed by atoms with E-state index in [1.165, 1.54) is 31.2 Å². The van der Waals surface area contributed by atoms with Gasteiger partial charge in [-0.2, -0.15) is 5.26 Å². The number of rotatable bonds is 5. The van der Waals surface area contributed by atoms with Crippen LogP contribution in [0.5, 0.6) is 5.75 Å². The van der Waals surface area contributed by atoms with Crippen molar-refractivity contribution in [3.05, 3.63) is 53.6 Å². The number of sulfonamides is 1. The Labute approximate surface area is 176 Å². The lowest BCUT2D eigenvalue weighted by Crippen LogP contribution is -2.48. The van der Waals surface area contributed by atoms with E-state index in [9.17, 15) is 18.5 Å². The van der Waals surface area contributed by atoms with Crippen molar-refractivity contribution in [1.29, 1.82) is 5.26 Å². The number of para-hydroxylation sites is 2. The lowest BCUT2D eigenvalue weighted by atomic mass is 10.1. The van der Waals surface area contributed by atoms with Crippen LogP contribution in [0, 0.1) is 18.3 Å². The van der Waals surface area contributed by atoms with E-state index >= 15 is 0 Å². The first-order valence-corrected chi connectivity index (χ1v) is 10.8. The molecular formula is C21H23N3O5S. The Bertz CT molecular complexity index is 1090. The summed E-state index contributed by atoms with van der Waals surface area (Å²) in [6, 6.07) is 12.6. The number of morpholine rings is 1. The van der Waals surface area contributed by atoms with Crippen LogP contribution in [-0.4, -0.2) is 59.2 Å². The minimum absolute atomic E-state index is 0.0216. The zero-order valence-corrected chi connectivity index (χ0v) is 17.8. The monoisotopic (exact) mass is 429 g/mol. The molecule has 9 heteroatoms. The quantitative estimate of drug-likeness (QED) is 0.722. The number of nitrogens with zero attached hydrogens (tertiary/aromatic N) is 3. The van der Waals surface area contributed by atoms with Crippen LogP contribution in [0.3, 0.4) is 0 Å². The van der Waals surface area contributed by atoms with Gasteiger partial charge in [0, 0.05) is 19.2 Å². The van der Waals surface area contributed by atoms with E-state index in [0.29, 0.717) is 23.6 Å². The van der Waals surface area contributed by atoms with Crippen LogP contribution in [0.15, 0.2) is 47.4 Å². The molecule has 1 saturated heterocycles. The lowest BCUT2D eigenvalue weighted by molar-refractivity contribution is 0.0132. The van der Waals surface area contributed by atoms with Crippen LogP contribution in [-0.2, 0) is 14.8 Å². The normalized spacial score (nSPS) is 16.6. The summed E-state index contributed by atoms with van der Waals surface area (Å²) in [6.45, 7) is 2.47. The standard InChI is InChI=1S/C21H23N3O5S/c1-15-8-9-17(12-18(15)21(25)24-10-11-29-14-16(24)13-22)30(26,27)23(2)19-6-4-5-7-20(19)28-3/h4-9,12,16H,10-11,14H2,1-3H3/t16-/m1/s1. The third kappa shape index (κ3) is 3.97. The first-order chi connectivity index (χ1) is 14.3. The van der Waals surface area contributed by atoms with Gasteiger partial charge in [0.1, 0.15) is 11.8 Å². The van der Waals surface area contributed by atoms with Gasteiger partial charge in [0.05, 0.1) is 37.0 Å². The average molecular weight is 429 g/mol. The second kappa shape index (κ2) is 8.73. The molecule has 1 aliphatic heterocycles. The summed E-state index contributed by atoms with van der Waals surface area (Å²) in [5.41, 5.74) is 1.25. The Balaban J connectivity index is 1.99. The number of aryl methyl sites for hydroxylation is 1. The third-order valence-electron chi connectivity index (χ3n) is 5.06. The topological polar surface area (TPSA) is 99.9 Å². The molecule has 0 spiro atoms. The van der Waals surface area contributed by atoms with Crippen molar-refractivity contribution in [1.82, 2.24) is 4.90 Å². The molecule has 0 aromatic heterocycles. The molecule has 0 bridgehead atoms. The molecule has 0 unspecified atom stereocenters. The molecule has 8 nitrogen and oxygen atoms in total. The Kier molecular flexibility index (Phi) is 6.29.